The van der Waals surface area contributed by atoms with Crippen LogP contribution in [0.5, 0.6) is 0 Å². The van der Waals surface area contributed by atoms with E-state index in [2.05, 4.69) is 4.98 Å². The van der Waals surface area contributed by atoms with E-state index in [0.717, 1.165) is 4.57 Å². The van der Waals surface area contributed by atoms with Crippen molar-refractivity contribution >= 4 is 0 Å². The zero-order chi connectivity index (χ0) is 18.1. The molecule has 24 heavy (non-hydrogen) atoms. The van der Waals surface area contributed by atoms with Crippen LogP contribution >= 0.6 is 0 Å². The number of hydrogen-bond acceptors (Lipinski definition) is 8. The Bertz CT molecular complexity index is 686. The van der Waals surface area contributed by atoms with Crippen LogP contribution < -0.4 is 11.2 Å². The van der Waals surface area contributed by atoms with Gasteiger partial charge in [0.15, 0.2) is 6.23 Å². The van der Waals surface area contributed by atoms with Gasteiger partial charge in [-0.15, -0.1) is 0 Å². The number of ether oxygens (including phenoxy) is 3. The highest BCUT2D eigenvalue weighted by Crippen LogP contribution is 2.38. The zero-order valence-corrected chi connectivity index (χ0v) is 13.6. The molecule has 2 heterocycles. The first kappa shape index (κ1) is 18.8. The van der Waals surface area contributed by atoms with E-state index in [-0.39, 0.29) is 12.2 Å². The molecule has 0 amide bonds. The summed E-state index contributed by atoms with van der Waals surface area (Å²) in [6.45, 7) is 2.45. The first-order chi connectivity index (χ1) is 11.2. The van der Waals surface area contributed by atoms with Crippen LogP contribution in [0, 0.1) is 6.92 Å². The Balaban J connectivity index is 2.43. The first-order valence-electron chi connectivity index (χ1n) is 7.40. The lowest BCUT2D eigenvalue weighted by Crippen LogP contribution is -2.52. The topological polar surface area (TPSA) is 143 Å². The minimum absolute atomic E-state index is 0.0981. The molecule has 0 spiro atoms. The predicted octanol–water partition coefficient (Wildman–Crippen LogP) is -2.16. The Morgan fingerprint density at radius 2 is 2.17 bits per heavy atom. The molecule has 0 radical (unpaired) electrons. The molecule has 10 nitrogen and oxygen atoms in total. The highest BCUT2D eigenvalue weighted by molar-refractivity contribution is 5.04. The van der Waals surface area contributed by atoms with E-state index in [1.165, 1.54) is 20.2 Å². The number of aryl methyl sites for hydroxylation is 1. The predicted molar refractivity (Wildman–Crippen MR) is 80.4 cm³/mol. The van der Waals surface area contributed by atoms with E-state index in [0.29, 0.717) is 0 Å². The van der Waals surface area contributed by atoms with Crippen LogP contribution in [0.15, 0.2) is 15.8 Å². The van der Waals surface area contributed by atoms with E-state index in [1.54, 1.807) is 6.92 Å². The maximum Gasteiger partial charge on any atom is 0.330 e. The summed E-state index contributed by atoms with van der Waals surface area (Å²) < 4.78 is 16.7. The van der Waals surface area contributed by atoms with Crippen LogP contribution in [-0.2, 0) is 14.2 Å². The molecule has 4 N–H and O–H groups in total. The molecule has 1 aliphatic heterocycles. The van der Waals surface area contributed by atoms with Crippen LogP contribution in [-0.4, -0.2) is 69.3 Å². The monoisotopic (exact) mass is 346 g/mol. The minimum atomic E-state index is -2.31. The van der Waals surface area contributed by atoms with E-state index in [1.807, 2.05) is 0 Å². The number of hydrogen-bond donors (Lipinski definition) is 4. The summed E-state index contributed by atoms with van der Waals surface area (Å²) in [5.41, 5.74) is -1.22. The Morgan fingerprint density at radius 3 is 2.75 bits per heavy atom. The molecular weight excluding hydrogens is 324 g/mol. The van der Waals surface area contributed by atoms with Gasteiger partial charge in [0.2, 0.25) is 5.79 Å². The van der Waals surface area contributed by atoms with E-state index in [9.17, 15) is 24.9 Å². The van der Waals surface area contributed by atoms with E-state index >= 15 is 0 Å². The van der Waals surface area contributed by atoms with Crippen LogP contribution in [0.2, 0.25) is 0 Å². The summed E-state index contributed by atoms with van der Waals surface area (Å²) in [4.78, 5) is 25.6. The third-order valence-corrected chi connectivity index (χ3v) is 3.96. The second kappa shape index (κ2) is 7.13. The summed E-state index contributed by atoms with van der Waals surface area (Å²) in [5, 5.41) is 30.3. The number of rotatable bonds is 6. The van der Waals surface area contributed by atoms with Gasteiger partial charge in [0, 0.05) is 18.9 Å². The first-order valence-corrected chi connectivity index (χ1v) is 7.40. The standard InChI is InChI=1S/C14H22N2O8/c1-7-4-16(13(20)15-11(7)19)12-14(21,23-6-8(2)22-3)10(18)9(5-17)24-12/h4,8-10,12,17-18,21H,5-6H2,1-3H3,(H,15,19,20)/t8-,9+,10+,12+,14-/m0/s1. The van der Waals surface area contributed by atoms with E-state index < -0.39 is 48.2 Å². The lowest BCUT2D eigenvalue weighted by atomic mass is 10.1. The molecular formula is C14H22N2O8. The third kappa shape index (κ3) is 3.29. The molecule has 1 aliphatic rings. The quantitative estimate of drug-likeness (QED) is 0.426. The molecule has 1 aromatic heterocycles. The van der Waals surface area contributed by atoms with Crippen LogP contribution in [0.4, 0.5) is 0 Å². The number of methoxy groups -OCH3 is 1. The molecule has 10 heteroatoms. The van der Waals surface area contributed by atoms with Gasteiger partial charge in [0.05, 0.1) is 19.3 Å². The highest BCUT2D eigenvalue weighted by atomic mass is 16.7. The van der Waals surface area contributed by atoms with Gasteiger partial charge in [-0.3, -0.25) is 14.3 Å². The van der Waals surface area contributed by atoms with Crippen LogP contribution in [0.25, 0.3) is 0 Å². The average Bonchev–Trinajstić information content (AvgIpc) is 2.80. The fourth-order valence-electron chi connectivity index (χ4n) is 2.39. The molecule has 5 atom stereocenters. The zero-order valence-electron chi connectivity index (χ0n) is 13.6. The molecule has 1 aromatic rings. The number of aromatic amines is 1. The molecule has 1 fully saturated rings. The SMILES string of the molecule is CO[C@@H](C)CO[C@@]1(O)[C@H](O)[C@@H](CO)O[C@H]1n1cc(C)c(=O)[nH]c1=O. The Hall–Kier alpha value is -1.56. The molecule has 2 rings (SSSR count). The number of aliphatic hydroxyl groups is 3. The van der Waals surface area contributed by atoms with Gasteiger partial charge < -0.3 is 29.5 Å². The average molecular weight is 346 g/mol. The van der Waals surface area contributed by atoms with Gasteiger partial charge in [-0.2, -0.15) is 0 Å². The Kier molecular flexibility index (Phi) is 5.58. The van der Waals surface area contributed by atoms with Crippen LogP contribution in [0.3, 0.4) is 0 Å². The summed E-state index contributed by atoms with van der Waals surface area (Å²) in [6.07, 6.45) is -3.46. The maximum absolute atomic E-state index is 12.1. The fraction of sp³-hybridized carbons (Fsp3) is 0.714. The summed E-state index contributed by atoms with van der Waals surface area (Å²) in [6, 6.07) is 0. The normalized spacial score (nSPS) is 31.3. The number of nitrogens with one attached hydrogen (secondary N) is 1. The van der Waals surface area contributed by atoms with Crippen molar-refractivity contribution in [2.45, 2.75) is 44.2 Å². The van der Waals surface area contributed by atoms with Gasteiger partial charge in [-0.1, -0.05) is 0 Å². The van der Waals surface area contributed by atoms with Gasteiger partial charge in [0.1, 0.15) is 12.2 Å². The number of aromatic nitrogens is 2. The molecule has 1 saturated heterocycles. The lowest BCUT2D eigenvalue weighted by Gasteiger charge is -2.32. The summed E-state index contributed by atoms with van der Waals surface area (Å²) >= 11 is 0. The van der Waals surface area contributed by atoms with Crippen molar-refractivity contribution in [2.75, 3.05) is 20.3 Å². The number of H-pyrrole nitrogens is 1. The Morgan fingerprint density at radius 1 is 1.50 bits per heavy atom. The van der Waals surface area contributed by atoms with Gasteiger partial charge in [-0.05, 0) is 13.8 Å². The fourth-order valence-corrected chi connectivity index (χ4v) is 2.39. The molecule has 0 aromatic carbocycles. The van der Waals surface area contributed by atoms with Crippen molar-refractivity contribution in [1.29, 1.82) is 0 Å². The second-order valence-electron chi connectivity index (χ2n) is 5.74. The molecule has 0 saturated carbocycles. The Labute approximate surface area is 137 Å². The van der Waals surface area contributed by atoms with Crippen molar-refractivity contribution in [3.8, 4) is 0 Å². The summed E-state index contributed by atoms with van der Waals surface area (Å²) in [7, 11) is 1.45. The van der Waals surface area contributed by atoms with Crippen molar-refractivity contribution in [2.24, 2.45) is 0 Å². The van der Waals surface area contributed by atoms with Crippen molar-refractivity contribution in [1.82, 2.24) is 9.55 Å². The molecule has 0 aliphatic carbocycles. The lowest BCUT2D eigenvalue weighted by molar-refractivity contribution is -0.285. The van der Waals surface area contributed by atoms with Crippen molar-refractivity contribution in [3.63, 3.8) is 0 Å². The largest absolute Gasteiger partial charge is 0.394 e. The van der Waals surface area contributed by atoms with Gasteiger partial charge in [-0.25, -0.2) is 4.79 Å². The van der Waals surface area contributed by atoms with E-state index in [4.69, 9.17) is 14.2 Å². The maximum atomic E-state index is 12.1. The summed E-state index contributed by atoms with van der Waals surface area (Å²) in [5.74, 6) is -2.31. The highest BCUT2D eigenvalue weighted by Gasteiger charge is 2.58. The minimum Gasteiger partial charge on any atom is -0.394 e. The third-order valence-electron chi connectivity index (χ3n) is 3.96. The van der Waals surface area contributed by atoms with Crippen molar-refractivity contribution in [3.05, 3.63) is 32.6 Å². The van der Waals surface area contributed by atoms with Crippen LogP contribution in [0.1, 0.15) is 18.7 Å². The van der Waals surface area contributed by atoms with Gasteiger partial charge >= 0.3 is 5.69 Å². The smallest absolute Gasteiger partial charge is 0.330 e. The number of aliphatic hydroxyl groups excluding tert-OH is 2. The second-order valence-corrected chi connectivity index (χ2v) is 5.74. The molecule has 0 unspecified atom stereocenters. The molecule has 0 bridgehead atoms. The molecule has 136 valence electrons. The number of nitrogens with zero attached hydrogens (tertiary/aromatic N) is 1. The van der Waals surface area contributed by atoms with Crippen molar-refractivity contribution < 1.29 is 29.5 Å². The van der Waals surface area contributed by atoms with Gasteiger partial charge in [0.25, 0.3) is 5.56 Å².